The van der Waals surface area contributed by atoms with Gasteiger partial charge in [0, 0.05) is 11.1 Å². The molecule has 6 heteroatoms. The summed E-state index contributed by atoms with van der Waals surface area (Å²) in [5.41, 5.74) is 3.90. The average molecular weight is 260 g/mol. The summed E-state index contributed by atoms with van der Waals surface area (Å²) >= 11 is 0. The van der Waals surface area contributed by atoms with Gasteiger partial charge >= 0.3 is 5.97 Å². The highest BCUT2D eigenvalue weighted by atomic mass is 16.7. The van der Waals surface area contributed by atoms with Gasteiger partial charge in [-0.15, -0.1) is 0 Å². The Bertz CT molecular complexity index is 640. The number of hydrogen-bond acceptors (Lipinski definition) is 4. The van der Waals surface area contributed by atoms with E-state index in [1.165, 1.54) is 0 Å². The molecule has 0 fully saturated rings. The summed E-state index contributed by atoms with van der Waals surface area (Å²) in [6, 6.07) is 8.83. The van der Waals surface area contributed by atoms with E-state index in [9.17, 15) is 9.59 Å². The van der Waals surface area contributed by atoms with Crippen molar-refractivity contribution in [3.8, 4) is 0 Å². The van der Waals surface area contributed by atoms with Gasteiger partial charge in [0.1, 0.15) is 0 Å². The number of carboxylic acids is 1. The molecule has 0 aliphatic rings. The first-order valence-electron chi connectivity index (χ1n) is 5.58. The van der Waals surface area contributed by atoms with Crippen LogP contribution in [0.5, 0.6) is 0 Å². The van der Waals surface area contributed by atoms with Crippen LogP contribution < -0.4 is 5.48 Å². The van der Waals surface area contributed by atoms with Crippen LogP contribution in [0.4, 0.5) is 0 Å². The Kier molecular flexibility index (Phi) is 3.72. The number of amides is 1. The van der Waals surface area contributed by atoms with Crippen LogP contribution in [0.25, 0.3) is 10.9 Å². The van der Waals surface area contributed by atoms with Crippen molar-refractivity contribution in [2.45, 2.75) is 6.92 Å². The van der Waals surface area contributed by atoms with Crippen molar-refractivity contribution in [3.05, 3.63) is 41.6 Å². The number of nitrogens with zero attached hydrogens (tertiary/aromatic N) is 1. The number of rotatable bonds is 4. The van der Waals surface area contributed by atoms with E-state index < -0.39 is 18.5 Å². The fraction of sp³-hybridized carbons (Fsp3) is 0.154. The van der Waals surface area contributed by atoms with Crippen molar-refractivity contribution in [2.75, 3.05) is 6.61 Å². The summed E-state index contributed by atoms with van der Waals surface area (Å²) in [5.74, 6) is -1.65. The minimum absolute atomic E-state index is 0.397. The van der Waals surface area contributed by atoms with Gasteiger partial charge in [-0.2, -0.15) is 0 Å². The fourth-order valence-corrected chi connectivity index (χ4v) is 1.71. The van der Waals surface area contributed by atoms with Gasteiger partial charge in [0.05, 0.1) is 11.1 Å². The molecule has 2 aromatic rings. The molecule has 0 radical (unpaired) electrons. The Labute approximate surface area is 109 Å². The molecule has 0 bridgehead atoms. The molecule has 0 spiro atoms. The fourth-order valence-electron chi connectivity index (χ4n) is 1.71. The molecule has 0 saturated heterocycles. The third kappa shape index (κ3) is 3.05. The molecule has 6 nitrogen and oxygen atoms in total. The first kappa shape index (κ1) is 13.0. The largest absolute Gasteiger partial charge is 0.479 e. The Morgan fingerprint density at radius 3 is 2.84 bits per heavy atom. The number of carboxylic acid groups (broad SMARTS) is 1. The number of pyridine rings is 1. The van der Waals surface area contributed by atoms with Gasteiger partial charge in [0.25, 0.3) is 5.91 Å². The van der Waals surface area contributed by atoms with Crippen molar-refractivity contribution in [1.82, 2.24) is 10.5 Å². The number of benzene rings is 1. The minimum atomic E-state index is -1.16. The molecule has 19 heavy (non-hydrogen) atoms. The molecule has 0 aliphatic carbocycles. The van der Waals surface area contributed by atoms with Gasteiger partial charge in [-0.05, 0) is 19.1 Å². The molecule has 2 rings (SSSR count). The number of aliphatic carboxylic acids is 1. The van der Waals surface area contributed by atoms with Gasteiger partial charge in [0.15, 0.2) is 6.61 Å². The molecular weight excluding hydrogens is 248 g/mol. The average Bonchev–Trinajstić information content (AvgIpc) is 2.37. The van der Waals surface area contributed by atoms with E-state index >= 15 is 0 Å². The Morgan fingerprint density at radius 2 is 2.11 bits per heavy atom. The number of fused-ring (bicyclic) bond motifs is 1. The summed E-state index contributed by atoms with van der Waals surface area (Å²) in [5, 5.41) is 9.11. The standard InChI is InChI=1S/C13H12N2O4/c1-8-6-10(13(18)15-19-7-12(16)17)9-4-2-3-5-11(9)14-8/h2-6H,7H2,1H3,(H,15,18)(H,16,17). The van der Waals surface area contributed by atoms with Crippen molar-refractivity contribution in [1.29, 1.82) is 0 Å². The van der Waals surface area contributed by atoms with Gasteiger partial charge < -0.3 is 5.11 Å². The van der Waals surface area contributed by atoms with Crippen molar-refractivity contribution in [3.63, 3.8) is 0 Å². The molecule has 1 amide bonds. The molecule has 0 aliphatic heterocycles. The van der Waals surface area contributed by atoms with Crippen LogP contribution in [0, 0.1) is 6.92 Å². The molecule has 0 atom stereocenters. The lowest BCUT2D eigenvalue weighted by atomic mass is 10.1. The maximum atomic E-state index is 11.9. The summed E-state index contributed by atoms with van der Waals surface area (Å²) in [6.07, 6.45) is 0. The van der Waals surface area contributed by atoms with Crippen LogP contribution in [0.2, 0.25) is 0 Å². The molecule has 2 N–H and O–H groups in total. The quantitative estimate of drug-likeness (QED) is 0.808. The zero-order chi connectivity index (χ0) is 13.8. The molecule has 0 unspecified atom stereocenters. The molecule has 0 saturated carbocycles. The van der Waals surface area contributed by atoms with E-state index in [0.717, 1.165) is 0 Å². The number of nitrogens with one attached hydrogen (secondary N) is 1. The number of hydroxylamine groups is 1. The van der Waals surface area contributed by atoms with E-state index in [1.54, 1.807) is 31.2 Å². The lowest BCUT2D eigenvalue weighted by Crippen LogP contribution is -2.27. The van der Waals surface area contributed by atoms with Gasteiger partial charge in [-0.3, -0.25) is 14.6 Å². The number of carbonyl (C=O) groups excluding carboxylic acids is 1. The predicted molar refractivity (Wildman–Crippen MR) is 67.5 cm³/mol. The molecule has 1 aromatic carbocycles. The lowest BCUT2D eigenvalue weighted by molar-refractivity contribution is -0.144. The van der Waals surface area contributed by atoms with E-state index in [4.69, 9.17) is 5.11 Å². The topological polar surface area (TPSA) is 88.5 Å². The number of carbonyl (C=O) groups is 2. The second-order valence-electron chi connectivity index (χ2n) is 3.94. The normalized spacial score (nSPS) is 10.4. The third-order valence-electron chi connectivity index (χ3n) is 2.45. The van der Waals surface area contributed by atoms with Gasteiger partial charge in [-0.25, -0.2) is 10.3 Å². The minimum Gasteiger partial charge on any atom is -0.479 e. The van der Waals surface area contributed by atoms with Gasteiger partial charge in [0.2, 0.25) is 0 Å². The first-order valence-corrected chi connectivity index (χ1v) is 5.58. The second-order valence-corrected chi connectivity index (χ2v) is 3.94. The van der Waals surface area contributed by atoms with Crippen LogP contribution >= 0.6 is 0 Å². The Balaban J connectivity index is 2.28. The SMILES string of the molecule is Cc1cc(C(=O)NOCC(=O)O)c2ccccc2n1. The zero-order valence-corrected chi connectivity index (χ0v) is 10.2. The summed E-state index contributed by atoms with van der Waals surface area (Å²) < 4.78 is 0. The van der Waals surface area contributed by atoms with E-state index in [1.807, 2.05) is 6.07 Å². The number of aryl methyl sites for hydroxylation is 1. The maximum absolute atomic E-state index is 11.9. The molecule has 1 aromatic heterocycles. The van der Waals surface area contributed by atoms with E-state index in [-0.39, 0.29) is 0 Å². The first-order chi connectivity index (χ1) is 9.08. The molecule has 98 valence electrons. The Morgan fingerprint density at radius 1 is 1.37 bits per heavy atom. The number of hydrogen-bond donors (Lipinski definition) is 2. The van der Waals surface area contributed by atoms with Crippen LogP contribution in [-0.2, 0) is 9.63 Å². The summed E-state index contributed by atoms with van der Waals surface area (Å²) in [7, 11) is 0. The predicted octanol–water partition coefficient (Wildman–Crippen LogP) is 1.29. The maximum Gasteiger partial charge on any atom is 0.332 e. The van der Waals surface area contributed by atoms with Crippen molar-refractivity contribution < 1.29 is 19.5 Å². The smallest absolute Gasteiger partial charge is 0.332 e. The summed E-state index contributed by atoms with van der Waals surface area (Å²) in [6.45, 7) is 1.19. The van der Waals surface area contributed by atoms with E-state index in [2.05, 4.69) is 15.3 Å². The number of para-hydroxylation sites is 1. The van der Waals surface area contributed by atoms with Crippen LogP contribution in [0.1, 0.15) is 16.1 Å². The van der Waals surface area contributed by atoms with Crippen LogP contribution in [0.15, 0.2) is 30.3 Å². The summed E-state index contributed by atoms with van der Waals surface area (Å²) in [4.78, 5) is 31.1. The van der Waals surface area contributed by atoms with Crippen molar-refractivity contribution in [2.24, 2.45) is 0 Å². The molecular formula is C13H12N2O4. The van der Waals surface area contributed by atoms with Crippen LogP contribution in [-0.4, -0.2) is 28.6 Å². The zero-order valence-electron chi connectivity index (χ0n) is 10.2. The van der Waals surface area contributed by atoms with E-state index in [0.29, 0.717) is 22.2 Å². The Hall–Kier alpha value is -2.47. The van der Waals surface area contributed by atoms with Crippen molar-refractivity contribution >= 4 is 22.8 Å². The highest BCUT2D eigenvalue weighted by Gasteiger charge is 2.12. The number of aromatic nitrogens is 1. The third-order valence-corrected chi connectivity index (χ3v) is 2.45. The highest BCUT2D eigenvalue weighted by molar-refractivity contribution is 6.05. The lowest BCUT2D eigenvalue weighted by Gasteiger charge is -2.08. The molecule has 1 heterocycles. The van der Waals surface area contributed by atoms with Crippen LogP contribution in [0.3, 0.4) is 0 Å². The highest BCUT2D eigenvalue weighted by Crippen LogP contribution is 2.17. The second kappa shape index (κ2) is 5.45. The monoisotopic (exact) mass is 260 g/mol. The van der Waals surface area contributed by atoms with Gasteiger partial charge in [-0.1, -0.05) is 18.2 Å².